The Kier molecular flexibility index (Phi) is 4.61. The molecule has 0 radical (unpaired) electrons. The molecule has 6 heteroatoms. The zero-order valence-electron chi connectivity index (χ0n) is 13.9. The van der Waals surface area contributed by atoms with Crippen molar-refractivity contribution in [3.05, 3.63) is 52.7 Å². The molecule has 0 spiro atoms. The molecule has 0 bridgehead atoms. The van der Waals surface area contributed by atoms with Crippen LogP contribution in [-0.2, 0) is 12.8 Å². The van der Waals surface area contributed by atoms with E-state index in [2.05, 4.69) is 20.6 Å². The number of benzene rings is 1. The quantitative estimate of drug-likeness (QED) is 0.691. The minimum Gasteiger partial charge on any atom is -0.368 e. The number of hydrogen-bond acceptors (Lipinski definition) is 5. The normalized spacial score (nSPS) is 13.4. The molecule has 0 atom stereocenters. The summed E-state index contributed by atoms with van der Waals surface area (Å²) in [5, 5.41) is 7.48. The molecule has 1 aromatic carbocycles. The second-order valence-electron chi connectivity index (χ2n) is 6.16. The molecule has 25 heavy (non-hydrogen) atoms. The lowest BCUT2D eigenvalue weighted by Crippen LogP contribution is -2.28. The fourth-order valence-electron chi connectivity index (χ4n) is 3.27. The van der Waals surface area contributed by atoms with Gasteiger partial charge in [0.05, 0.1) is 5.39 Å². The van der Waals surface area contributed by atoms with Gasteiger partial charge in [-0.05, 0) is 43.4 Å². The van der Waals surface area contributed by atoms with Gasteiger partial charge in [-0.2, -0.15) is 0 Å². The topological polar surface area (TPSA) is 66.9 Å². The van der Waals surface area contributed by atoms with Gasteiger partial charge in [0.2, 0.25) is 0 Å². The Morgan fingerprint density at radius 2 is 1.92 bits per heavy atom. The first kappa shape index (κ1) is 16.0. The summed E-state index contributed by atoms with van der Waals surface area (Å²) >= 11 is 1.79. The van der Waals surface area contributed by atoms with E-state index in [0.29, 0.717) is 18.7 Å². The summed E-state index contributed by atoms with van der Waals surface area (Å²) in [4.78, 5) is 23.5. The SMILES string of the molecule is O=C(NCCNc1ncnc2sc3c(c12)CCCC3)c1ccccc1. The van der Waals surface area contributed by atoms with E-state index in [4.69, 9.17) is 0 Å². The van der Waals surface area contributed by atoms with Crippen molar-refractivity contribution < 1.29 is 4.79 Å². The Bertz CT molecular complexity index is 891. The predicted molar refractivity (Wildman–Crippen MR) is 101 cm³/mol. The minimum absolute atomic E-state index is 0.0526. The molecule has 0 saturated carbocycles. The fraction of sp³-hybridized carbons (Fsp3) is 0.316. The first-order valence-corrected chi connectivity index (χ1v) is 9.47. The van der Waals surface area contributed by atoms with Gasteiger partial charge >= 0.3 is 0 Å². The molecule has 2 heterocycles. The molecule has 1 aliphatic rings. The summed E-state index contributed by atoms with van der Waals surface area (Å²) in [5.41, 5.74) is 2.10. The molecule has 0 saturated heterocycles. The number of nitrogens with one attached hydrogen (secondary N) is 2. The number of rotatable bonds is 5. The standard InChI is InChI=1S/C19H20N4OS/c24-18(13-6-2-1-3-7-13)21-11-10-20-17-16-14-8-4-5-9-15(14)25-19(16)23-12-22-17/h1-3,6-7,12H,4-5,8-11H2,(H,21,24)(H,20,22,23). The van der Waals surface area contributed by atoms with E-state index in [1.54, 1.807) is 17.7 Å². The smallest absolute Gasteiger partial charge is 0.251 e. The molecule has 0 unspecified atom stereocenters. The Morgan fingerprint density at radius 3 is 2.80 bits per heavy atom. The number of carbonyl (C=O) groups is 1. The van der Waals surface area contributed by atoms with Crippen molar-refractivity contribution in [1.29, 1.82) is 0 Å². The third-order valence-electron chi connectivity index (χ3n) is 4.49. The van der Waals surface area contributed by atoms with Crippen LogP contribution in [0.15, 0.2) is 36.7 Å². The average molecular weight is 352 g/mol. The second-order valence-corrected chi connectivity index (χ2v) is 7.25. The highest BCUT2D eigenvalue weighted by Gasteiger charge is 2.19. The fourth-order valence-corrected chi connectivity index (χ4v) is 4.50. The number of aromatic nitrogens is 2. The lowest BCUT2D eigenvalue weighted by Gasteiger charge is -2.12. The van der Waals surface area contributed by atoms with Crippen molar-refractivity contribution in [2.75, 3.05) is 18.4 Å². The van der Waals surface area contributed by atoms with Crippen molar-refractivity contribution in [3.8, 4) is 0 Å². The van der Waals surface area contributed by atoms with Crippen molar-refractivity contribution in [2.45, 2.75) is 25.7 Å². The van der Waals surface area contributed by atoms with Crippen LogP contribution in [0.25, 0.3) is 10.2 Å². The molecule has 2 aromatic heterocycles. The molecule has 4 rings (SSSR count). The van der Waals surface area contributed by atoms with E-state index < -0.39 is 0 Å². The van der Waals surface area contributed by atoms with E-state index in [1.807, 2.05) is 30.3 Å². The highest BCUT2D eigenvalue weighted by atomic mass is 32.1. The van der Waals surface area contributed by atoms with E-state index in [0.717, 1.165) is 23.5 Å². The van der Waals surface area contributed by atoms with E-state index in [9.17, 15) is 4.79 Å². The van der Waals surface area contributed by atoms with E-state index >= 15 is 0 Å². The molecule has 1 amide bonds. The Balaban J connectivity index is 1.41. The van der Waals surface area contributed by atoms with Crippen LogP contribution in [0.4, 0.5) is 5.82 Å². The van der Waals surface area contributed by atoms with Gasteiger partial charge in [-0.3, -0.25) is 4.79 Å². The predicted octanol–water partition coefficient (Wildman–Crippen LogP) is 3.41. The second kappa shape index (κ2) is 7.19. The largest absolute Gasteiger partial charge is 0.368 e. The number of nitrogens with zero attached hydrogens (tertiary/aromatic N) is 2. The molecule has 128 valence electrons. The third kappa shape index (κ3) is 3.35. The maximum Gasteiger partial charge on any atom is 0.251 e. The lowest BCUT2D eigenvalue weighted by molar-refractivity contribution is 0.0955. The number of amides is 1. The number of hydrogen-bond donors (Lipinski definition) is 2. The first-order chi connectivity index (χ1) is 12.3. The molecular formula is C19H20N4OS. The van der Waals surface area contributed by atoms with Crippen LogP contribution in [-0.4, -0.2) is 29.0 Å². The van der Waals surface area contributed by atoms with Gasteiger partial charge in [-0.1, -0.05) is 18.2 Å². The summed E-state index contributed by atoms with van der Waals surface area (Å²) in [6, 6.07) is 9.26. The van der Waals surface area contributed by atoms with Crippen LogP contribution in [0, 0.1) is 0 Å². The van der Waals surface area contributed by atoms with Crippen molar-refractivity contribution in [1.82, 2.24) is 15.3 Å². The zero-order chi connectivity index (χ0) is 17.1. The Morgan fingerprint density at radius 1 is 1.08 bits per heavy atom. The average Bonchev–Trinajstić information content (AvgIpc) is 3.05. The molecule has 0 fully saturated rings. The van der Waals surface area contributed by atoms with Crippen molar-refractivity contribution >= 4 is 33.3 Å². The molecule has 1 aliphatic carbocycles. The lowest BCUT2D eigenvalue weighted by atomic mass is 9.97. The summed E-state index contributed by atoms with van der Waals surface area (Å²) in [6.45, 7) is 1.18. The van der Waals surface area contributed by atoms with Gasteiger partial charge in [0.1, 0.15) is 17.0 Å². The molecule has 2 N–H and O–H groups in total. The summed E-state index contributed by atoms with van der Waals surface area (Å²) < 4.78 is 0. The number of carbonyl (C=O) groups excluding carboxylic acids is 1. The zero-order valence-corrected chi connectivity index (χ0v) is 14.7. The molecular weight excluding hydrogens is 332 g/mol. The van der Waals surface area contributed by atoms with Crippen LogP contribution in [0.2, 0.25) is 0 Å². The van der Waals surface area contributed by atoms with Gasteiger partial charge < -0.3 is 10.6 Å². The summed E-state index contributed by atoms with van der Waals surface area (Å²) in [7, 11) is 0. The van der Waals surface area contributed by atoms with Gasteiger partial charge in [0.15, 0.2) is 0 Å². The minimum atomic E-state index is -0.0526. The van der Waals surface area contributed by atoms with Crippen LogP contribution >= 0.6 is 11.3 Å². The molecule has 5 nitrogen and oxygen atoms in total. The van der Waals surface area contributed by atoms with Crippen LogP contribution < -0.4 is 10.6 Å². The van der Waals surface area contributed by atoms with Crippen LogP contribution in [0.1, 0.15) is 33.6 Å². The maximum atomic E-state index is 12.1. The monoisotopic (exact) mass is 352 g/mol. The van der Waals surface area contributed by atoms with Crippen LogP contribution in [0.5, 0.6) is 0 Å². The number of aryl methyl sites for hydroxylation is 2. The Labute approximate surface area is 150 Å². The van der Waals surface area contributed by atoms with Gasteiger partial charge in [0, 0.05) is 23.5 Å². The molecule has 3 aromatic rings. The number of anilines is 1. The van der Waals surface area contributed by atoms with Crippen molar-refractivity contribution in [2.24, 2.45) is 0 Å². The van der Waals surface area contributed by atoms with Crippen molar-refractivity contribution in [3.63, 3.8) is 0 Å². The van der Waals surface area contributed by atoms with Gasteiger partial charge in [-0.25, -0.2) is 9.97 Å². The maximum absolute atomic E-state index is 12.1. The molecule has 0 aliphatic heterocycles. The summed E-state index contributed by atoms with van der Waals surface area (Å²) in [5.74, 6) is 0.835. The highest BCUT2D eigenvalue weighted by molar-refractivity contribution is 7.19. The van der Waals surface area contributed by atoms with E-state index in [1.165, 1.54) is 28.7 Å². The first-order valence-electron chi connectivity index (χ1n) is 8.65. The Hall–Kier alpha value is -2.47. The van der Waals surface area contributed by atoms with E-state index in [-0.39, 0.29) is 5.91 Å². The van der Waals surface area contributed by atoms with Gasteiger partial charge in [0.25, 0.3) is 5.91 Å². The summed E-state index contributed by atoms with van der Waals surface area (Å²) in [6.07, 6.45) is 6.39. The number of thiophene rings is 1. The highest BCUT2D eigenvalue weighted by Crippen LogP contribution is 2.37. The van der Waals surface area contributed by atoms with Crippen LogP contribution in [0.3, 0.4) is 0 Å². The number of fused-ring (bicyclic) bond motifs is 3. The van der Waals surface area contributed by atoms with Gasteiger partial charge in [-0.15, -0.1) is 11.3 Å². The third-order valence-corrected chi connectivity index (χ3v) is 5.69.